The van der Waals surface area contributed by atoms with Crippen molar-refractivity contribution >= 4 is 11.9 Å². The van der Waals surface area contributed by atoms with Crippen molar-refractivity contribution < 1.29 is 14.7 Å². The predicted octanol–water partition coefficient (Wildman–Crippen LogP) is 1.87. The Kier molecular flexibility index (Phi) is 6.46. The minimum absolute atomic E-state index is 0.0841. The molecule has 2 N–H and O–H groups in total. The van der Waals surface area contributed by atoms with Crippen molar-refractivity contribution in [1.29, 1.82) is 0 Å². The van der Waals surface area contributed by atoms with Gasteiger partial charge in [-0.1, -0.05) is 20.3 Å². The number of aliphatic carboxylic acids is 1. The van der Waals surface area contributed by atoms with Gasteiger partial charge in [-0.05, 0) is 32.6 Å². The van der Waals surface area contributed by atoms with Gasteiger partial charge in [0, 0.05) is 19.1 Å². The van der Waals surface area contributed by atoms with E-state index in [0.29, 0.717) is 44.9 Å². The number of nitrogens with zero attached hydrogens (tertiary/aromatic N) is 1. The minimum Gasteiger partial charge on any atom is -0.481 e. The van der Waals surface area contributed by atoms with E-state index in [1.807, 2.05) is 6.92 Å². The molecule has 20 heavy (non-hydrogen) atoms. The highest BCUT2D eigenvalue weighted by atomic mass is 16.4. The molecule has 1 atom stereocenters. The lowest BCUT2D eigenvalue weighted by Crippen LogP contribution is -2.49. The third-order valence-electron chi connectivity index (χ3n) is 4.47. The SMILES string of the molecule is CCCC1(C(=O)O)CCN(C(=O)CNC(C)CC)CC1. The molecule has 1 aliphatic heterocycles. The normalized spacial score (nSPS) is 19.6. The quantitative estimate of drug-likeness (QED) is 0.749. The van der Waals surface area contributed by atoms with Crippen LogP contribution in [0, 0.1) is 5.41 Å². The fourth-order valence-electron chi connectivity index (χ4n) is 2.75. The molecule has 1 unspecified atom stereocenters. The first-order valence-electron chi connectivity index (χ1n) is 7.69. The number of nitrogens with one attached hydrogen (secondary N) is 1. The summed E-state index contributed by atoms with van der Waals surface area (Å²) < 4.78 is 0. The highest BCUT2D eigenvalue weighted by Gasteiger charge is 2.41. The molecule has 0 aromatic carbocycles. The summed E-state index contributed by atoms with van der Waals surface area (Å²) in [5.74, 6) is -0.620. The highest BCUT2D eigenvalue weighted by Crippen LogP contribution is 2.36. The molecule has 1 fully saturated rings. The van der Waals surface area contributed by atoms with E-state index < -0.39 is 11.4 Å². The zero-order chi connectivity index (χ0) is 15.2. The smallest absolute Gasteiger partial charge is 0.309 e. The van der Waals surface area contributed by atoms with E-state index in [9.17, 15) is 14.7 Å². The molecule has 5 nitrogen and oxygen atoms in total. The molecule has 0 aliphatic carbocycles. The molecule has 0 aromatic rings. The number of piperidine rings is 1. The number of amides is 1. The van der Waals surface area contributed by atoms with Crippen molar-refractivity contribution in [3.8, 4) is 0 Å². The molecular weight excluding hydrogens is 256 g/mol. The Morgan fingerprint density at radius 2 is 1.90 bits per heavy atom. The Hall–Kier alpha value is -1.10. The molecule has 0 aromatic heterocycles. The number of likely N-dealkylation sites (tertiary alicyclic amines) is 1. The predicted molar refractivity (Wildman–Crippen MR) is 78.5 cm³/mol. The molecule has 0 radical (unpaired) electrons. The fourth-order valence-corrected chi connectivity index (χ4v) is 2.75. The Morgan fingerprint density at radius 1 is 1.30 bits per heavy atom. The second-order valence-electron chi connectivity index (χ2n) is 5.91. The number of carboxylic acid groups (broad SMARTS) is 1. The second kappa shape index (κ2) is 7.62. The first-order valence-corrected chi connectivity index (χ1v) is 7.69. The van der Waals surface area contributed by atoms with Gasteiger partial charge in [0.2, 0.25) is 5.91 Å². The third kappa shape index (κ3) is 4.20. The van der Waals surface area contributed by atoms with Gasteiger partial charge in [0.25, 0.3) is 0 Å². The maximum atomic E-state index is 12.1. The van der Waals surface area contributed by atoms with Crippen LogP contribution in [0.3, 0.4) is 0 Å². The zero-order valence-electron chi connectivity index (χ0n) is 12.9. The summed E-state index contributed by atoms with van der Waals surface area (Å²) in [5.41, 5.74) is -0.615. The number of hydrogen-bond acceptors (Lipinski definition) is 3. The largest absolute Gasteiger partial charge is 0.481 e. The van der Waals surface area contributed by atoms with Crippen molar-refractivity contribution in [2.24, 2.45) is 5.41 Å². The summed E-state index contributed by atoms with van der Waals surface area (Å²) in [6.45, 7) is 7.62. The molecule has 1 aliphatic rings. The van der Waals surface area contributed by atoms with E-state index in [1.165, 1.54) is 0 Å². The molecule has 1 saturated heterocycles. The summed E-state index contributed by atoms with van der Waals surface area (Å²) >= 11 is 0. The summed E-state index contributed by atoms with van der Waals surface area (Å²) in [6, 6.07) is 0.335. The Labute approximate surface area is 121 Å². The van der Waals surface area contributed by atoms with Gasteiger partial charge in [0.15, 0.2) is 0 Å². The van der Waals surface area contributed by atoms with Crippen molar-refractivity contribution in [2.45, 2.75) is 58.9 Å². The minimum atomic E-state index is -0.704. The van der Waals surface area contributed by atoms with Gasteiger partial charge in [-0.3, -0.25) is 9.59 Å². The lowest BCUT2D eigenvalue weighted by atomic mass is 9.75. The molecule has 1 heterocycles. The van der Waals surface area contributed by atoms with E-state index in [-0.39, 0.29) is 5.91 Å². The van der Waals surface area contributed by atoms with Crippen molar-refractivity contribution in [3.05, 3.63) is 0 Å². The molecule has 0 spiro atoms. The lowest BCUT2D eigenvalue weighted by molar-refractivity contribution is -0.154. The molecule has 0 bridgehead atoms. The standard InChI is InChI=1S/C15H28N2O3/c1-4-6-15(14(19)20)7-9-17(10-8-15)13(18)11-16-12(3)5-2/h12,16H,4-11H2,1-3H3,(H,19,20). The van der Waals surface area contributed by atoms with Crippen molar-refractivity contribution in [2.75, 3.05) is 19.6 Å². The van der Waals surface area contributed by atoms with Gasteiger partial charge in [0.05, 0.1) is 12.0 Å². The maximum Gasteiger partial charge on any atom is 0.309 e. The van der Waals surface area contributed by atoms with Crippen LogP contribution in [0.25, 0.3) is 0 Å². The van der Waals surface area contributed by atoms with Crippen LogP contribution in [0.4, 0.5) is 0 Å². The first-order chi connectivity index (χ1) is 9.45. The van der Waals surface area contributed by atoms with E-state index in [4.69, 9.17) is 0 Å². The van der Waals surface area contributed by atoms with Crippen LogP contribution >= 0.6 is 0 Å². The summed E-state index contributed by atoms with van der Waals surface area (Å²) in [7, 11) is 0. The van der Waals surface area contributed by atoms with Crippen molar-refractivity contribution in [3.63, 3.8) is 0 Å². The second-order valence-corrected chi connectivity index (χ2v) is 5.91. The summed E-state index contributed by atoms with van der Waals surface area (Å²) in [4.78, 5) is 25.4. The van der Waals surface area contributed by atoms with Gasteiger partial charge in [-0.2, -0.15) is 0 Å². The molecule has 5 heteroatoms. The highest BCUT2D eigenvalue weighted by molar-refractivity contribution is 5.79. The molecule has 0 saturated carbocycles. The van der Waals surface area contributed by atoms with Crippen molar-refractivity contribution in [1.82, 2.24) is 10.2 Å². The molecule has 116 valence electrons. The number of carbonyl (C=O) groups excluding carboxylic acids is 1. The van der Waals surface area contributed by atoms with Crippen LogP contribution in [-0.2, 0) is 9.59 Å². The van der Waals surface area contributed by atoms with Crippen LogP contribution in [-0.4, -0.2) is 47.6 Å². The van der Waals surface area contributed by atoms with Crippen LogP contribution in [0.15, 0.2) is 0 Å². The Morgan fingerprint density at radius 3 is 2.35 bits per heavy atom. The van der Waals surface area contributed by atoms with Gasteiger partial charge in [-0.25, -0.2) is 0 Å². The number of hydrogen-bond donors (Lipinski definition) is 2. The average Bonchev–Trinajstić information content (AvgIpc) is 2.45. The van der Waals surface area contributed by atoms with E-state index in [2.05, 4.69) is 19.2 Å². The lowest BCUT2D eigenvalue weighted by Gasteiger charge is -2.39. The zero-order valence-corrected chi connectivity index (χ0v) is 12.9. The van der Waals surface area contributed by atoms with Gasteiger partial charge in [0.1, 0.15) is 0 Å². The van der Waals surface area contributed by atoms with E-state index in [0.717, 1.165) is 12.8 Å². The summed E-state index contributed by atoms with van der Waals surface area (Å²) in [6.07, 6.45) is 3.72. The van der Waals surface area contributed by atoms with E-state index >= 15 is 0 Å². The first kappa shape index (κ1) is 17.0. The number of carbonyl (C=O) groups is 2. The Balaban J connectivity index is 2.48. The van der Waals surface area contributed by atoms with Gasteiger partial charge in [-0.15, -0.1) is 0 Å². The molecular formula is C15H28N2O3. The van der Waals surface area contributed by atoms with Crippen LogP contribution in [0.2, 0.25) is 0 Å². The maximum absolute atomic E-state index is 12.1. The van der Waals surface area contributed by atoms with E-state index in [1.54, 1.807) is 4.90 Å². The molecule has 1 amide bonds. The average molecular weight is 284 g/mol. The summed E-state index contributed by atoms with van der Waals surface area (Å²) in [5, 5.41) is 12.6. The van der Waals surface area contributed by atoms with Crippen LogP contribution in [0.1, 0.15) is 52.9 Å². The van der Waals surface area contributed by atoms with Crippen LogP contribution < -0.4 is 5.32 Å². The number of rotatable bonds is 7. The van der Waals surface area contributed by atoms with Crippen LogP contribution in [0.5, 0.6) is 0 Å². The van der Waals surface area contributed by atoms with Gasteiger partial charge >= 0.3 is 5.97 Å². The topological polar surface area (TPSA) is 69.6 Å². The third-order valence-corrected chi connectivity index (χ3v) is 4.47. The number of carboxylic acids is 1. The molecule has 1 rings (SSSR count). The van der Waals surface area contributed by atoms with Gasteiger partial charge < -0.3 is 15.3 Å². The monoisotopic (exact) mass is 284 g/mol. The Bertz CT molecular complexity index is 336. The fraction of sp³-hybridized carbons (Fsp3) is 0.867.